The monoisotopic (exact) mass is 307 g/mol. The van der Waals surface area contributed by atoms with Crippen LogP contribution in [-0.4, -0.2) is 20.4 Å². The summed E-state index contributed by atoms with van der Waals surface area (Å²) in [5.41, 5.74) is 0.550. The molecule has 1 aromatic carbocycles. The molecular formula is C13H10ClN3O2S. The maximum absolute atomic E-state index is 12.5. The van der Waals surface area contributed by atoms with Gasteiger partial charge in [0, 0.05) is 13.2 Å². The SMILES string of the molecule is CN(c1ccccc1C#N)S(=O)(=O)c1cccnc1Cl. The maximum Gasteiger partial charge on any atom is 0.267 e. The van der Waals surface area contributed by atoms with E-state index in [1.165, 1.54) is 25.4 Å². The Labute approximate surface area is 122 Å². The van der Waals surface area contributed by atoms with Gasteiger partial charge in [0.05, 0.1) is 11.3 Å². The Balaban J connectivity index is 2.56. The number of pyridine rings is 1. The summed E-state index contributed by atoms with van der Waals surface area (Å²) >= 11 is 5.83. The van der Waals surface area contributed by atoms with Gasteiger partial charge in [-0.15, -0.1) is 0 Å². The lowest BCUT2D eigenvalue weighted by Gasteiger charge is -2.20. The summed E-state index contributed by atoms with van der Waals surface area (Å²) in [6, 6.07) is 11.2. The molecule has 20 heavy (non-hydrogen) atoms. The van der Waals surface area contributed by atoms with E-state index >= 15 is 0 Å². The van der Waals surface area contributed by atoms with Gasteiger partial charge in [0.1, 0.15) is 16.1 Å². The van der Waals surface area contributed by atoms with Crippen LogP contribution in [-0.2, 0) is 10.0 Å². The lowest BCUT2D eigenvalue weighted by atomic mass is 10.2. The van der Waals surface area contributed by atoms with E-state index in [-0.39, 0.29) is 21.3 Å². The highest BCUT2D eigenvalue weighted by Gasteiger charge is 2.25. The van der Waals surface area contributed by atoms with Crippen molar-refractivity contribution < 1.29 is 8.42 Å². The summed E-state index contributed by atoms with van der Waals surface area (Å²) in [4.78, 5) is 3.66. The summed E-state index contributed by atoms with van der Waals surface area (Å²) in [7, 11) is -2.50. The molecule has 102 valence electrons. The molecule has 0 fully saturated rings. The van der Waals surface area contributed by atoms with Gasteiger partial charge in [0.15, 0.2) is 0 Å². The summed E-state index contributed by atoms with van der Waals surface area (Å²) in [5, 5.41) is 8.95. The van der Waals surface area contributed by atoms with Crippen LogP contribution >= 0.6 is 11.6 Å². The van der Waals surface area contributed by atoms with E-state index in [9.17, 15) is 8.42 Å². The molecule has 0 aliphatic rings. The average molecular weight is 308 g/mol. The Morgan fingerprint density at radius 1 is 1.25 bits per heavy atom. The molecule has 0 bridgehead atoms. The molecule has 0 aliphatic heterocycles. The molecule has 1 heterocycles. The van der Waals surface area contributed by atoms with Crippen molar-refractivity contribution in [3.8, 4) is 6.07 Å². The maximum atomic E-state index is 12.5. The number of sulfonamides is 1. The van der Waals surface area contributed by atoms with Crippen LogP contribution in [0, 0.1) is 11.3 Å². The number of rotatable bonds is 3. The van der Waals surface area contributed by atoms with E-state index in [4.69, 9.17) is 16.9 Å². The number of benzene rings is 1. The summed E-state index contributed by atoms with van der Waals surface area (Å²) < 4.78 is 26.0. The van der Waals surface area contributed by atoms with E-state index < -0.39 is 10.0 Å². The highest BCUT2D eigenvalue weighted by atomic mass is 35.5. The van der Waals surface area contributed by atoms with E-state index in [0.29, 0.717) is 0 Å². The second-order valence-corrected chi connectivity index (χ2v) is 6.19. The van der Waals surface area contributed by atoms with Crippen molar-refractivity contribution in [1.82, 2.24) is 4.98 Å². The lowest BCUT2D eigenvalue weighted by Crippen LogP contribution is -2.27. The van der Waals surface area contributed by atoms with Crippen molar-refractivity contribution in [2.75, 3.05) is 11.4 Å². The molecular weight excluding hydrogens is 298 g/mol. The van der Waals surface area contributed by atoms with Crippen molar-refractivity contribution >= 4 is 27.3 Å². The van der Waals surface area contributed by atoms with Crippen LogP contribution in [0.4, 0.5) is 5.69 Å². The van der Waals surface area contributed by atoms with Crippen LogP contribution in [0.15, 0.2) is 47.5 Å². The van der Waals surface area contributed by atoms with E-state index in [2.05, 4.69) is 4.98 Å². The number of halogens is 1. The molecule has 0 N–H and O–H groups in total. The summed E-state index contributed by atoms with van der Waals surface area (Å²) in [6.45, 7) is 0. The number of anilines is 1. The minimum absolute atomic E-state index is 0.100. The van der Waals surface area contributed by atoms with Crippen LogP contribution in [0.2, 0.25) is 5.15 Å². The number of aromatic nitrogens is 1. The van der Waals surface area contributed by atoms with Crippen LogP contribution in [0.3, 0.4) is 0 Å². The van der Waals surface area contributed by atoms with Gasteiger partial charge >= 0.3 is 0 Å². The third kappa shape index (κ3) is 2.46. The average Bonchev–Trinajstić information content (AvgIpc) is 2.46. The Morgan fingerprint density at radius 2 is 1.95 bits per heavy atom. The lowest BCUT2D eigenvalue weighted by molar-refractivity contribution is 0.594. The molecule has 2 aromatic rings. The first-order valence-corrected chi connectivity index (χ1v) is 7.39. The largest absolute Gasteiger partial charge is 0.268 e. The Morgan fingerprint density at radius 3 is 2.60 bits per heavy atom. The van der Waals surface area contributed by atoms with Crippen LogP contribution < -0.4 is 4.31 Å². The van der Waals surface area contributed by atoms with E-state index in [1.807, 2.05) is 6.07 Å². The van der Waals surface area contributed by atoms with Gasteiger partial charge in [-0.2, -0.15) is 5.26 Å². The zero-order valence-corrected chi connectivity index (χ0v) is 12.1. The normalized spacial score (nSPS) is 10.8. The second-order valence-electron chi connectivity index (χ2n) is 3.89. The highest BCUT2D eigenvalue weighted by molar-refractivity contribution is 7.93. The zero-order valence-electron chi connectivity index (χ0n) is 10.5. The molecule has 0 spiro atoms. The number of nitriles is 1. The topological polar surface area (TPSA) is 74.1 Å². The van der Waals surface area contributed by atoms with Gasteiger partial charge < -0.3 is 0 Å². The smallest absolute Gasteiger partial charge is 0.267 e. The van der Waals surface area contributed by atoms with Gasteiger partial charge in [-0.1, -0.05) is 23.7 Å². The Bertz CT molecular complexity index is 784. The molecule has 0 saturated heterocycles. The van der Waals surface area contributed by atoms with Crippen molar-refractivity contribution in [2.45, 2.75) is 4.90 Å². The molecule has 0 radical (unpaired) electrons. The quantitative estimate of drug-likeness (QED) is 0.816. The minimum atomic E-state index is -3.87. The van der Waals surface area contributed by atoms with Crippen molar-refractivity contribution in [1.29, 1.82) is 5.26 Å². The van der Waals surface area contributed by atoms with Gasteiger partial charge in [-0.05, 0) is 24.3 Å². The number of hydrogen-bond acceptors (Lipinski definition) is 4. The van der Waals surface area contributed by atoms with Crippen LogP contribution in [0.1, 0.15) is 5.56 Å². The Kier molecular flexibility index (Phi) is 3.93. The zero-order chi connectivity index (χ0) is 14.8. The fraction of sp³-hybridized carbons (Fsp3) is 0.0769. The van der Waals surface area contributed by atoms with Crippen molar-refractivity contribution in [2.24, 2.45) is 0 Å². The Hall–Kier alpha value is -2.10. The molecule has 0 atom stereocenters. The molecule has 2 rings (SSSR count). The van der Waals surface area contributed by atoms with Crippen molar-refractivity contribution in [3.63, 3.8) is 0 Å². The highest BCUT2D eigenvalue weighted by Crippen LogP contribution is 2.27. The first-order valence-electron chi connectivity index (χ1n) is 5.57. The number of hydrogen-bond donors (Lipinski definition) is 0. The molecule has 5 nitrogen and oxygen atoms in total. The fourth-order valence-electron chi connectivity index (χ4n) is 1.68. The van der Waals surface area contributed by atoms with Crippen LogP contribution in [0.5, 0.6) is 0 Å². The van der Waals surface area contributed by atoms with Crippen LogP contribution in [0.25, 0.3) is 0 Å². The molecule has 0 saturated carbocycles. The standard InChI is InChI=1S/C13H10ClN3O2S/c1-17(11-6-3-2-5-10(11)9-15)20(18,19)12-7-4-8-16-13(12)14/h2-8H,1H3. The summed E-state index contributed by atoms with van der Waals surface area (Å²) in [6.07, 6.45) is 1.41. The van der Waals surface area contributed by atoms with E-state index in [0.717, 1.165) is 4.31 Å². The second kappa shape index (κ2) is 5.49. The third-order valence-corrected chi connectivity index (χ3v) is 4.94. The molecule has 7 heteroatoms. The van der Waals surface area contributed by atoms with Gasteiger partial charge in [0.25, 0.3) is 10.0 Å². The fourth-order valence-corrected chi connectivity index (χ4v) is 3.32. The minimum Gasteiger partial charge on any atom is -0.268 e. The molecule has 0 unspecified atom stereocenters. The van der Waals surface area contributed by atoms with Gasteiger partial charge in [-0.3, -0.25) is 4.31 Å². The molecule has 0 amide bonds. The predicted octanol–water partition coefficient (Wildman–Crippen LogP) is 2.43. The number of nitrogens with zero attached hydrogens (tertiary/aromatic N) is 3. The predicted molar refractivity (Wildman–Crippen MR) is 76.0 cm³/mol. The molecule has 0 aliphatic carbocycles. The third-order valence-electron chi connectivity index (χ3n) is 2.73. The summed E-state index contributed by atoms with van der Waals surface area (Å²) in [5.74, 6) is 0. The molecule has 1 aromatic heterocycles. The first kappa shape index (κ1) is 14.3. The van der Waals surface area contributed by atoms with Gasteiger partial charge in [-0.25, -0.2) is 13.4 Å². The first-order chi connectivity index (χ1) is 9.48. The number of para-hydroxylation sites is 1. The van der Waals surface area contributed by atoms with Gasteiger partial charge in [0.2, 0.25) is 0 Å². The van der Waals surface area contributed by atoms with E-state index in [1.54, 1.807) is 24.3 Å². The van der Waals surface area contributed by atoms with Crippen molar-refractivity contribution in [3.05, 3.63) is 53.3 Å².